The van der Waals surface area contributed by atoms with Crippen LogP contribution in [0.15, 0.2) is 41.6 Å². The Labute approximate surface area is 119 Å². The van der Waals surface area contributed by atoms with E-state index in [0.29, 0.717) is 11.0 Å². The van der Waals surface area contributed by atoms with Crippen LogP contribution < -0.4 is 4.72 Å². The molecule has 0 aliphatic carbocycles. The van der Waals surface area contributed by atoms with Gasteiger partial charge in [0.05, 0.1) is 17.2 Å². The summed E-state index contributed by atoms with van der Waals surface area (Å²) < 4.78 is 26.4. The van der Waals surface area contributed by atoms with Crippen LogP contribution in [0.4, 0.5) is 5.82 Å². The third kappa shape index (κ3) is 2.30. The molecule has 1 aromatic carbocycles. The molecule has 0 amide bonds. The van der Waals surface area contributed by atoms with Gasteiger partial charge in [-0.05, 0) is 18.2 Å². The van der Waals surface area contributed by atoms with Crippen molar-refractivity contribution in [1.29, 1.82) is 0 Å². The lowest BCUT2D eigenvalue weighted by Crippen LogP contribution is -2.15. The van der Waals surface area contributed by atoms with Crippen LogP contribution in [0, 0.1) is 0 Å². The molecule has 0 bridgehead atoms. The number of hydrogen-bond acceptors (Lipinski definition) is 5. The Kier molecular flexibility index (Phi) is 3.03. The minimum absolute atomic E-state index is 0.0215. The van der Waals surface area contributed by atoms with E-state index in [-0.39, 0.29) is 16.0 Å². The lowest BCUT2D eigenvalue weighted by molar-refractivity contribution is 0.597. The first-order chi connectivity index (χ1) is 9.56. The number of para-hydroxylation sites is 2. The lowest BCUT2D eigenvalue weighted by Gasteiger charge is -2.07. The van der Waals surface area contributed by atoms with Gasteiger partial charge in [0, 0.05) is 0 Å². The smallest absolute Gasteiger partial charge is 0.266 e. The molecular weight excluding hydrogens is 302 g/mol. The van der Waals surface area contributed by atoms with Crippen molar-refractivity contribution in [2.45, 2.75) is 5.03 Å². The van der Waals surface area contributed by atoms with Crippen molar-refractivity contribution < 1.29 is 8.42 Å². The van der Waals surface area contributed by atoms with Gasteiger partial charge in [-0.25, -0.2) is 9.97 Å². The van der Waals surface area contributed by atoms with Crippen molar-refractivity contribution in [3.63, 3.8) is 0 Å². The molecule has 20 heavy (non-hydrogen) atoms. The third-order valence-electron chi connectivity index (χ3n) is 2.52. The van der Waals surface area contributed by atoms with E-state index in [2.05, 4.69) is 24.9 Å². The van der Waals surface area contributed by atoms with Gasteiger partial charge in [-0.3, -0.25) is 9.82 Å². The van der Waals surface area contributed by atoms with E-state index in [1.807, 2.05) is 0 Å². The summed E-state index contributed by atoms with van der Waals surface area (Å²) in [5.74, 6) is -0.0278. The van der Waals surface area contributed by atoms with E-state index >= 15 is 0 Å². The number of rotatable bonds is 3. The maximum absolute atomic E-state index is 12.0. The summed E-state index contributed by atoms with van der Waals surface area (Å²) >= 11 is 5.94. The molecule has 2 N–H and O–H groups in total. The standard InChI is InChI=1S/C11H8ClN5O2S/c12-10-11(15-8-4-2-1-3-7(8)14-10)17-20(18,19)9-5-6-13-16-9/h1-6H,(H,13,16)(H,15,17). The van der Waals surface area contributed by atoms with Crippen LogP contribution in [0.1, 0.15) is 0 Å². The number of sulfonamides is 1. The number of aromatic amines is 1. The number of H-pyrrole nitrogens is 1. The summed E-state index contributed by atoms with van der Waals surface area (Å²) in [6.07, 6.45) is 1.34. The predicted molar refractivity (Wildman–Crippen MR) is 73.9 cm³/mol. The molecule has 0 spiro atoms. The highest BCUT2D eigenvalue weighted by molar-refractivity contribution is 7.92. The van der Waals surface area contributed by atoms with E-state index < -0.39 is 10.0 Å². The zero-order valence-electron chi connectivity index (χ0n) is 9.91. The van der Waals surface area contributed by atoms with Gasteiger partial charge in [0.25, 0.3) is 10.0 Å². The Morgan fingerprint density at radius 2 is 1.80 bits per heavy atom. The first-order valence-corrected chi connectivity index (χ1v) is 7.37. The largest absolute Gasteiger partial charge is 0.280 e. The zero-order chi connectivity index (χ0) is 14.2. The number of fused-ring (bicyclic) bond motifs is 1. The van der Waals surface area contributed by atoms with Gasteiger partial charge in [0.2, 0.25) is 0 Å². The maximum Gasteiger partial charge on any atom is 0.280 e. The molecule has 9 heteroatoms. The summed E-state index contributed by atoms with van der Waals surface area (Å²) in [7, 11) is -3.82. The number of nitrogens with one attached hydrogen (secondary N) is 2. The molecule has 0 radical (unpaired) electrons. The van der Waals surface area contributed by atoms with Gasteiger partial charge in [0.1, 0.15) is 0 Å². The molecule has 0 unspecified atom stereocenters. The lowest BCUT2D eigenvalue weighted by atomic mass is 10.3. The van der Waals surface area contributed by atoms with Gasteiger partial charge in [0.15, 0.2) is 16.0 Å². The van der Waals surface area contributed by atoms with Crippen LogP contribution in [0.2, 0.25) is 5.15 Å². The summed E-state index contributed by atoms with van der Waals surface area (Å²) in [6.45, 7) is 0. The van der Waals surface area contributed by atoms with Gasteiger partial charge < -0.3 is 0 Å². The number of aromatic nitrogens is 4. The zero-order valence-corrected chi connectivity index (χ0v) is 11.5. The second kappa shape index (κ2) is 4.73. The Hall–Kier alpha value is -2.19. The monoisotopic (exact) mass is 309 g/mol. The van der Waals surface area contributed by atoms with Gasteiger partial charge >= 0.3 is 0 Å². The van der Waals surface area contributed by atoms with Crippen molar-refractivity contribution in [2.24, 2.45) is 0 Å². The Morgan fingerprint density at radius 3 is 2.45 bits per heavy atom. The first-order valence-electron chi connectivity index (χ1n) is 5.51. The quantitative estimate of drug-likeness (QED) is 0.768. The molecule has 0 aliphatic heterocycles. The molecular formula is C11H8ClN5O2S. The van der Waals surface area contributed by atoms with E-state index in [4.69, 9.17) is 11.6 Å². The fourth-order valence-corrected chi connectivity index (χ4v) is 2.77. The van der Waals surface area contributed by atoms with Crippen molar-refractivity contribution in [3.8, 4) is 0 Å². The van der Waals surface area contributed by atoms with Crippen LogP contribution in [0.25, 0.3) is 11.0 Å². The van der Waals surface area contributed by atoms with Crippen LogP contribution in [0.3, 0.4) is 0 Å². The van der Waals surface area contributed by atoms with Crippen LogP contribution in [0.5, 0.6) is 0 Å². The topological polar surface area (TPSA) is 101 Å². The van der Waals surface area contributed by atoms with Gasteiger partial charge in [-0.2, -0.15) is 13.5 Å². The highest BCUT2D eigenvalue weighted by atomic mass is 35.5. The highest BCUT2D eigenvalue weighted by Gasteiger charge is 2.19. The van der Waals surface area contributed by atoms with Crippen LogP contribution in [-0.2, 0) is 10.0 Å². The molecule has 0 saturated carbocycles. The number of halogens is 1. The molecule has 2 heterocycles. The Bertz CT molecular complexity index is 864. The second-order valence-electron chi connectivity index (χ2n) is 3.88. The molecule has 0 saturated heterocycles. The maximum atomic E-state index is 12.0. The van der Waals surface area contributed by atoms with Gasteiger partial charge in [-0.1, -0.05) is 23.7 Å². The van der Waals surface area contributed by atoms with Crippen LogP contribution >= 0.6 is 11.6 Å². The molecule has 7 nitrogen and oxygen atoms in total. The predicted octanol–water partition coefficient (Wildman–Crippen LogP) is 1.81. The normalized spacial score (nSPS) is 11.7. The highest BCUT2D eigenvalue weighted by Crippen LogP contribution is 2.23. The molecule has 3 aromatic rings. The van der Waals surface area contributed by atoms with Gasteiger partial charge in [-0.15, -0.1) is 0 Å². The average Bonchev–Trinajstić information content (AvgIpc) is 2.94. The molecule has 0 fully saturated rings. The average molecular weight is 310 g/mol. The fraction of sp³-hybridized carbons (Fsp3) is 0. The SMILES string of the molecule is O=S(=O)(Nc1nc2ccccc2nc1Cl)c1ccn[nH]1. The molecule has 3 rings (SSSR count). The Balaban J connectivity index is 2.05. The van der Waals surface area contributed by atoms with Crippen molar-refractivity contribution in [2.75, 3.05) is 4.72 Å². The van der Waals surface area contributed by atoms with Crippen molar-refractivity contribution >= 4 is 38.5 Å². The van der Waals surface area contributed by atoms with E-state index in [9.17, 15) is 8.42 Å². The number of benzene rings is 1. The van der Waals surface area contributed by atoms with E-state index in [1.54, 1.807) is 24.3 Å². The molecule has 0 atom stereocenters. The Morgan fingerprint density at radius 1 is 1.10 bits per heavy atom. The number of anilines is 1. The summed E-state index contributed by atoms with van der Waals surface area (Å²) in [5, 5.41) is 5.85. The number of hydrogen-bond donors (Lipinski definition) is 2. The van der Waals surface area contributed by atoms with E-state index in [1.165, 1.54) is 12.3 Å². The van der Waals surface area contributed by atoms with Crippen LogP contribution in [-0.4, -0.2) is 28.6 Å². The summed E-state index contributed by atoms with van der Waals surface area (Å²) in [5.41, 5.74) is 1.13. The third-order valence-corrected chi connectivity index (χ3v) is 4.06. The van der Waals surface area contributed by atoms with Crippen molar-refractivity contribution in [1.82, 2.24) is 20.2 Å². The minimum atomic E-state index is -3.82. The van der Waals surface area contributed by atoms with Crippen molar-refractivity contribution in [3.05, 3.63) is 41.7 Å². The second-order valence-corrected chi connectivity index (χ2v) is 5.89. The minimum Gasteiger partial charge on any atom is -0.266 e. The molecule has 102 valence electrons. The first kappa shape index (κ1) is 12.8. The summed E-state index contributed by atoms with van der Waals surface area (Å²) in [6, 6.07) is 8.35. The molecule has 0 aliphatic rings. The molecule has 2 aromatic heterocycles. The number of nitrogens with zero attached hydrogens (tertiary/aromatic N) is 3. The fourth-order valence-electron chi connectivity index (χ4n) is 1.62. The summed E-state index contributed by atoms with van der Waals surface area (Å²) in [4.78, 5) is 8.24. The van der Waals surface area contributed by atoms with E-state index in [0.717, 1.165) is 0 Å².